The molecule has 1 aliphatic carbocycles. The zero-order chi connectivity index (χ0) is 12.3. The highest BCUT2D eigenvalue weighted by molar-refractivity contribution is 5.43. The van der Waals surface area contributed by atoms with Crippen molar-refractivity contribution >= 4 is 0 Å². The Kier molecular flexibility index (Phi) is 4.02. The first-order valence-electron chi connectivity index (χ1n) is 6.18. The van der Waals surface area contributed by atoms with Crippen molar-refractivity contribution in [3.63, 3.8) is 0 Å². The Labute approximate surface area is 102 Å². The van der Waals surface area contributed by atoms with Gasteiger partial charge in [0.1, 0.15) is 11.9 Å². The molecule has 2 unspecified atom stereocenters. The highest BCUT2D eigenvalue weighted by Crippen LogP contribution is 2.35. The van der Waals surface area contributed by atoms with Crippen molar-refractivity contribution in [2.75, 3.05) is 13.7 Å². The Balaban J connectivity index is 2.20. The van der Waals surface area contributed by atoms with Gasteiger partial charge in [-0.15, -0.1) is 0 Å². The molecule has 0 aliphatic heterocycles. The van der Waals surface area contributed by atoms with Gasteiger partial charge in [0.25, 0.3) is 0 Å². The zero-order valence-corrected chi connectivity index (χ0v) is 10.5. The van der Waals surface area contributed by atoms with Gasteiger partial charge in [0.05, 0.1) is 12.7 Å². The Morgan fingerprint density at radius 1 is 1.47 bits per heavy atom. The summed E-state index contributed by atoms with van der Waals surface area (Å²) in [5.74, 6) is 0.894. The van der Waals surface area contributed by atoms with Crippen LogP contribution < -0.4 is 4.74 Å². The van der Waals surface area contributed by atoms with Crippen molar-refractivity contribution < 1.29 is 14.6 Å². The van der Waals surface area contributed by atoms with Gasteiger partial charge in [-0.25, -0.2) is 0 Å². The van der Waals surface area contributed by atoms with Gasteiger partial charge in [-0.3, -0.25) is 0 Å². The molecule has 1 N–H and O–H groups in total. The fraction of sp³-hybridized carbons (Fsp3) is 0.571. The van der Waals surface area contributed by atoms with Crippen LogP contribution in [0.3, 0.4) is 0 Å². The fourth-order valence-corrected chi connectivity index (χ4v) is 2.39. The number of hydrogen-bond acceptors (Lipinski definition) is 3. The van der Waals surface area contributed by atoms with Crippen molar-refractivity contribution in [2.24, 2.45) is 0 Å². The van der Waals surface area contributed by atoms with E-state index >= 15 is 0 Å². The quantitative estimate of drug-likeness (QED) is 0.872. The molecule has 0 bridgehead atoms. The molecule has 3 heteroatoms. The molecule has 1 aromatic rings. The molecule has 0 aromatic heterocycles. The molecule has 3 nitrogen and oxygen atoms in total. The molecule has 2 atom stereocenters. The van der Waals surface area contributed by atoms with E-state index in [1.165, 1.54) is 0 Å². The van der Waals surface area contributed by atoms with Gasteiger partial charge in [0.2, 0.25) is 0 Å². The van der Waals surface area contributed by atoms with E-state index in [1.807, 2.05) is 25.1 Å². The maximum Gasteiger partial charge on any atom is 0.123 e. The van der Waals surface area contributed by atoms with E-state index in [0.717, 1.165) is 36.1 Å². The summed E-state index contributed by atoms with van der Waals surface area (Å²) in [6.07, 6.45) is 2.56. The molecule has 0 amide bonds. The van der Waals surface area contributed by atoms with Crippen LogP contribution in [0.2, 0.25) is 0 Å². The third kappa shape index (κ3) is 2.79. The number of aliphatic hydroxyl groups is 1. The van der Waals surface area contributed by atoms with E-state index in [0.29, 0.717) is 6.61 Å². The van der Waals surface area contributed by atoms with Gasteiger partial charge < -0.3 is 14.6 Å². The first kappa shape index (κ1) is 12.4. The van der Waals surface area contributed by atoms with Crippen LogP contribution in [0, 0.1) is 0 Å². The normalized spacial score (nSPS) is 20.8. The summed E-state index contributed by atoms with van der Waals surface area (Å²) in [7, 11) is 1.67. The molecule has 2 rings (SSSR count). The van der Waals surface area contributed by atoms with Gasteiger partial charge in [-0.2, -0.15) is 0 Å². The molecule has 1 aliphatic rings. The monoisotopic (exact) mass is 236 g/mol. The molecule has 1 aromatic carbocycles. The molecule has 0 fully saturated rings. The molecule has 0 spiro atoms. The third-order valence-electron chi connectivity index (χ3n) is 3.16. The highest BCUT2D eigenvalue weighted by Gasteiger charge is 2.21. The average Bonchev–Trinajstić information content (AvgIpc) is 2.31. The van der Waals surface area contributed by atoms with Crippen molar-refractivity contribution in [1.82, 2.24) is 0 Å². The summed E-state index contributed by atoms with van der Waals surface area (Å²) in [5, 5.41) is 9.94. The minimum absolute atomic E-state index is 0.0329. The van der Waals surface area contributed by atoms with E-state index in [-0.39, 0.29) is 12.2 Å². The second-order valence-corrected chi connectivity index (χ2v) is 4.62. The average molecular weight is 236 g/mol. The van der Waals surface area contributed by atoms with Crippen LogP contribution in [0.25, 0.3) is 0 Å². The van der Waals surface area contributed by atoms with Gasteiger partial charge >= 0.3 is 0 Å². The van der Waals surface area contributed by atoms with Gasteiger partial charge in [0.15, 0.2) is 0 Å². The zero-order valence-electron chi connectivity index (χ0n) is 10.5. The molecule has 0 heterocycles. The van der Waals surface area contributed by atoms with Crippen LogP contribution >= 0.6 is 0 Å². The summed E-state index contributed by atoms with van der Waals surface area (Å²) in [6, 6.07) is 5.91. The van der Waals surface area contributed by atoms with E-state index in [9.17, 15) is 5.11 Å². The first-order valence-corrected chi connectivity index (χ1v) is 6.18. The van der Waals surface area contributed by atoms with Gasteiger partial charge in [0, 0.05) is 7.11 Å². The predicted molar refractivity (Wildman–Crippen MR) is 66.3 cm³/mol. The van der Waals surface area contributed by atoms with E-state index in [4.69, 9.17) is 9.47 Å². The largest absolute Gasteiger partial charge is 0.488 e. The molecular formula is C14H20O3. The lowest BCUT2D eigenvalue weighted by Crippen LogP contribution is -2.20. The maximum atomic E-state index is 9.94. The molecule has 17 heavy (non-hydrogen) atoms. The SMILES string of the molecule is COCC(C)Oc1cccc2c1CCCC2O. The second kappa shape index (κ2) is 5.52. The minimum atomic E-state index is -0.333. The summed E-state index contributed by atoms with van der Waals surface area (Å²) >= 11 is 0. The van der Waals surface area contributed by atoms with E-state index < -0.39 is 0 Å². The topological polar surface area (TPSA) is 38.7 Å². The van der Waals surface area contributed by atoms with Crippen LogP contribution in [-0.4, -0.2) is 24.9 Å². The van der Waals surface area contributed by atoms with Gasteiger partial charge in [-0.05, 0) is 43.4 Å². The predicted octanol–water partition coefficient (Wildman–Crippen LogP) is 2.47. The summed E-state index contributed by atoms with van der Waals surface area (Å²) in [6.45, 7) is 2.56. The molecular weight excluding hydrogens is 216 g/mol. The summed E-state index contributed by atoms with van der Waals surface area (Å²) < 4.78 is 10.9. The summed E-state index contributed by atoms with van der Waals surface area (Å²) in [5.41, 5.74) is 2.19. The van der Waals surface area contributed by atoms with Crippen LogP contribution in [0.5, 0.6) is 5.75 Å². The van der Waals surface area contributed by atoms with Crippen LogP contribution in [0.15, 0.2) is 18.2 Å². The Morgan fingerprint density at radius 2 is 2.29 bits per heavy atom. The summed E-state index contributed by atoms with van der Waals surface area (Å²) in [4.78, 5) is 0. The first-order chi connectivity index (χ1) is 8.22. The number of methoxy groups -OCH3 is 1. The number of hydrogen-bond donors (Lipinski definition) is 1. The number of fused-ring (bicyclic) bond motifs is 1. The lowest BCUT2D eigenvalue weighted by Gasteiger charge is -2.25. The number of rotatable bonds is 4. The molecule has 94 valence electrons. The van der Waals surface area contributed by atoms with Crippen LogP contribution in [-0.2, 0) is 11.2 Å². The van der Waals surface area contributed by atoms with Crippen molar-refractivity contribution in [2.45, 2.75) is 38.4 Å². The minimum Gasteiger partial charge on any atom is -0.488 e. The molecule has 0 radical (unpaired) electrons. The maximum absolute atomic E-state index is 9.94. The standard InChI is InChI=1S/C14H20O3/c1-10(9-16-2)17-14-8-4-5-11-12(14)6-3-7-13(11)15/h4-5,8,10,13,15H,3,6-7,9H2,1-2H3. The van der Waals surface area contributed by atoms with E-state index in [2.05, 4.69) is 0 Å². The van der Waals surface area contributed by atoms with Crippen molar-refractivity contribution in [3.8, 4) is 5.75 Å². The Hall–Kier alpha value is -1.06. The molecule has 0 saturated carbocycles. The Bertz CT molecular complexity index is 376. The van der Waals surface area contributed by atoms with Gasteiger partial charge in [-0.1, -0.05) is 12.1 Å². The number of ether oxygens (including phenoxy) is 2. The van der Waals surface area contributed by atoms with Crippen LogP contribution in [0.4, 0.5) is 0 Å². The fourth-order valence-electron chi connectivity index (χ4n) is 2.39. The van der Waals surface area contributed by atoms with Crippen molar-refractivity contribution in [1.29, 1.82) is 0 Å². The third-order valence-corrected chi connectivity index (χ3v) is 3.16. The number of aliphatic hydroxyl groups excluding tert-OH is 1. The highest BCUT2D eigenvalue weighted by atomic mass is 16.5. The number of benzene rings is 1. The smallest absolute Gasteiger partial charge is 0.123 e. The lowest BCUT2D eigenvalue weighted by molar-refractivity contribution is 0.0901. The van der Waals surface area contributed by atoms with Crippen molar-refractivity contribution in [3.05, 3.63) is 29.3 Å². The second-order valence-electron chi connectivity index (χ2n) is 4.62. The Morgan fingerprint density at radius 3 is 3.06 bits per heavy atom. The van der Waals surface area contributed by atoms with E-state index in [1.54, 1.807) is 7.11 Å². The lowest BCUT2D eigenvalue weighted by atomic mass is 9.89. The van der Waals surface area contributed by atoms with Crippen LogP contribution in [0.1, 0.15) is 37.0 Å². The molecule has 0 saturated heterocycles.